The van der Waals surface area contributed by atoms with Crippen molar-refractivity contribution in [3.05, 3.63) is 47.3 Å². The van der Waals surface area contributed by atoms with Crippen molar-refractivity contribution in [2.75, 3.05) is 0 Å². The van der Waals surface area contributed by atoms with Crippen LogP contribution >= 0.6 is 0 Å². The number of phenolic OH excluding ortho intramolecular Hbond substituents is 2. The van der Waals surface area contributed by atoms with Crippen molar-refractivity contribution in [3.8, 4) is 22.6 Å². The molecule has 0 bridgehead atoms. The topological polar surface area (TPSA) is 66.8 Å². The van der Waals surface area contributed by atoms with E-state index in [2.05, 4.69) is 0 Å². The Morgan fingerprint density at radius 1 is 1.05 bits per heavy atom. The molecule has 0 aliphatic carbocycles. The third-order valence-electron chi connectivity index (χ3n) is 3.01. The fraction of sp³-hybridized carbons (Fsp3) is 0.0714. The second kappa shape index (κ2) is 3.98. The number of cyclic esters (lactones) is 1. The van der Waals surface area contributed by atoms with Crippen LogP contribution in [0.1, 0.15) is 15.9 Å². The fourth-order valence-corrected chi connectivity index (χ4v) is 2.19. The second-order valence-corrected chi connectivity index (χ2v) is 4.27. The SMILES string of the molecule is O=C1OCc2cc(O)ccc2-c2c(F)cc(O)cc21. The number of fused-ring (bicyclic) bond motifs is 3. The van der Waals surface area contributed by atoms with Crippen LogP contribution in [0.3, 0.4) is 0 Å². The summed E-state index contributed by atoms with van der Waals surface area (Å²) in [7, 11) is 0. The van der Waals surface area contributed by atoms with Crippen LogP contribution in [-0.2, 0) is 11.3 Å². The third kappa shape index (κ3) is 1.79. The average Bonchev–Trinajstić information content (AvgIpc) is 2.48. The number of carbonyl (C=O) groups excluding carboxylic acids is 1. The Bertz CT molecular complexity index is 694. The zero-order valence-corrected chi connectivity index (χ0v) is 9.68. The number of halogens is 1. The number of carbonyl (C=O) groups is 1. The molecule has 2 aromatic rings. The van der Waals surface area contributed by atoms with E-state index in [-0.39, 0.29) is 29.2 Å². The molecular formula is C14H9FO4. The Hall–Kier alpha value is -2.56. The molecule has 19 heavy (non-hydrogen) atoms. The molecule has 1 aliphatic rings. The molecule has 0 atom stereocenters. The molecule has 5 heteroatoms. The highest BCUT2D eigenvalue weighted by Crippen LogP contribution is 2.37. The van der Waals surface area contributed by atoms with Gasteiger partial charge in [0.1, 0.15) is 23.9 Å². The Labute approximate surface area is 107 Å². The van der Waals surface area contributed by atoms with Crippen molar-refractivity contribution in [1.29, 1.82) is 0 Å². The number of rotatable bonds is 0. The summed E-state index contributed by atoms with van der Waals surface area (Å²) in [5.41, 5.74) is 1.03. The maximum Gasteiger partial charge on any atom is 0.339 e. The number of hydrogen-bond acceptors (Lipinski definition) is 4. The molecule has 0 saturated heterocycles. The zero-order valence-electron chi connectivity index (χ0n) is 9.68. The molecule has 0 spiro atoms. The number of benzene rings is 2. The molecule has 2 N–H and O–H groups in total. The standard InChI is InChI=1S/C14H9FO4/c15-12-5-9(17)4-11-13(12)10-2-1-8(16)3-7(10)6-19-14(11)18/h1-5,16-17H,6H2. The first-order chi connectivity index (χ1) is 9.06. The van der Waals surface area contributed by atoms with Crippen molar-refractivity contribution in [2.45, 2.75) is 6.61 Å². The molecule has 2 aromatic carbocycles. The van der Waals surface area contributed by atoms with E-state index < -0.39 is 11.8 Å². The largest absolute Gasteiger partial charge is 0.508 e. The summed E-state index contributed by atoms with van der Waals surface area (Å²) in [6.07, 6.45) is 0. The molecule has 96 valence electrons. The van der Waals surface area contributed by atoms with Crippen molar-refractivity contribution >= 4 is 5.97 Å². The van der Waals surface area contributed by atoms with Crippen LogP contribution in [0.25, 0.3) is 11.1 Å². The smallest absolute Gasteiger partial charge is 0.339 e. The maximum atomic E-state index is 14.0. The second-order valence-electron chi connectivity index (χ2n) is 4.27. The van der Waals surface area contributed by atoms with Gasteiger partial charge in [-0.2, -0.15) is 0 Å². The lowest BCUT2D eigenvalue weighted by Crippen LogP contribution is -2.04. The summed E-state index contributed by atoms with van der Waals surface area (Å²) >= 11 is 0. The lowest BCUT2D eigenvalue weighted by Gasteiger charge is -2.09. The van der Waals surface area contributed by atoms with E-state index in [1.165, 1.54) is 24.3 Å². The lowest BCUT2D eigenvalue weighted by molar-refractivity contribution is 0.0478. The van der Waals surface area contributed by atoms with Gasteiger partial charge in [-0.15, -0.1) is 0 Å². The first-order valence-corrected chi connectivity index (χ1v) is 5.58. The highest BCUT2D eigenvalue weighted by molar-refractivity contribution is 5.99. The van der Waals surface area contributed by atoms with Crippen molar-refractivity contribution in [1.82, 2.24) is 0 Å². The fourth-order valence-electron chi connectivity index (χ4n) is 2.19. The van der Waals surface area contributed by atoms with E-state index in [1.807, 2.05) is 0 Å². The normalized spacial score (nSPS) is 13.2. The number of aromatic hydroxyl groups is 2. The summed E-state index contributed by atoms with van der Waals surface area (Å²) in [4.78, 5) is 11.8. The van der Waals surface area contributed by atoms with Gasteiger partial charge in [-0.1, -0.05) is 6.07 Å². The van der Waals surface area contributed by atoms with E-state index in [1.54, 1.807) is 0 Å². The van der Waals surface area contributed by atoms with Crippen LogP contribution in [0.15, 0.2) is 30.3 Å². The predicted octanol–water partition coefficient (Wildman–Crippen LogP) is 2.57. The first-order valence-electron chi connectivity index (χ1n) is 5.58. The Kier molecular flexibility index (Phi) is 2.41. The summed E-state index contributed by atoms with van der Waals surface area (Å²) in [5.74, 6) is -1.74. The molecule has 4 nitrogen and oxygen atoms in total. The van der Waals surface area contributed by atoms with E-state index in [0.717, 1.165) is 6.07 Å². The Balaban J connectivity index is 2.36. The average molecular weight is 260 g/mol. The number of ether oxygens (including phenoxy) is 1. The van der Waals surface area contributed by atoms with Gasteiger partial charge >= 0.3 is 5.97 Å². The van der Waals surface area contributed by atoms with Gasteiger partial charge in [-0.05, 0) is 23.8 Å². The third-order valence-corrected chi connectivity index (χ3v) is 3.01. The molecule has 0 fully saturated rings. The van der Waals surface area contributed by atoms with Gasteiger partial charge in [0.2, 0.25) is 0 Å². The maximum absolute atomic E-state index is 14.0. The Morgan fingerprint density at radius 3 is 2.63 bits per heavy atom. The van der Waals surface area contributed by atoms with Gasteiger partial charge < -0.3 is 14.9 Å². The zero-order chi connectivity index (χ0) is 13.6. The summed E-state index contributed by atoms with van der Waals surface area (Å²) in [6, 6.07) is 6.46. The van der Waals surface area contributed by atoms with Crippen molar-refractivity contribution in [2.24, 2.45) is 0 Å². The van der Waals surface area contributed by atoms with E-state index in [0.29, 0.717) is 11.1 Å². The lowest BCUT2D eigenvalue weighted by atomic mass is 9.95. The van der Waals surface area contributed by atoms with Crippen LogP contribution in [0.2, 0.25) is 0 Å². The number of phenols is 2. The molecular weight excluding hydrogens is 251 g/mol. The van der Waals surface area contributed by atoms with Crippen LogP contribution in [0.5, 0.6) is 11.5 Å². The molecule has 0 aromatic heterocycles. The monoisotopic (exact) mass is 260 g/mol. The van der Waals surface area contributed by atoms with Gasteiger partial charge in [-0.25, -0.2) is 9.18 Å². The molecule has 0 radical (unpaired) electrons. The van der Waals surface area contributed by atoms with Gasteiger partial charge in [0.05, 0.1) is 5.56 Å². The molecule has 0 saturated carbocycles. The summed E-state index contributed by atoms with van der Waals surface area (Å²) < 4.78 is 19.0. The highest BCUT2D eigenvalue weighted by atomic mass is 19.1. The first kappa shape index (κ1) is 11.5. The molecule has 1 heterocycles. The minimum Gasteiger partial charge on any atom is -0.508 e. The predicted molar refractivity (Wildman–Crippen MR) is 64.3 cm³/mol. The minimum absolute atomic E-state index is 0.0115. The van der Waals surface area contributed by atoms with Gasteiger partial charge in [0, 0.05) is 17.2 Å². The molecule has 3 rings (SSSR count). The quantitative estimate of drug-likeness (QED) is 0.714. The van der Waals surface area contributed by atoms with Crippen LogP contribution in [-0.4, -0.2) is 16.2 Å². The molecule has 1 aliphatic heterocycles. The van der Waals surface area contributed by atoms with E-state index >= 15 is 0 Å². The highest BCUT2D eigenvalue weighted by Gasteiger charge is 2.25. The van der Waals surface area contributed by atoms with Gasteiger partial charge in [-0.3, -0.25) is 0 Å². The summed E-state index contributed by atoms with van der Waals surface area (Å²) in [5, 5.41) is 18.8. The van der Waals surface area contributed by atoms with E-state index in [9.17, 15) is 19.4 Å². The van der Waals surface area contributed by atoms with Gasteiger partial charge in [0.25, 0.3) is 0 Å². The van der Waals surface area contributed by atoms with Crippen LogP contribution in [0, 0.1) is 5.82 Å². The number of esters is 1. The minimum atomic E-state index is -0.708. The van der Waals surface area contributed by atoms with E-state index in [4.69, 9.17) is 4.74 Å². The number of hydrogen-bond donors (Lipinski definition) is 2. The molecule has 0 amide bonds. The van der Waals surface area contributed by atoms with Gasteiger partial charge in [0.15, 0.2) is 0 Å². The van der Waals surface area contributed by atoms with Crippen molar-refractivity contribution < 1.29 is 24.1 Å². The van der Waals surface area contributed by atoms with Crippen LogP contribution in [0.4, 0.5) is 4.39 Å². The van der Waals surface area contributed by atoms with Crippen molar-refractivity contribution in [3.63, 3.8) is 0 Å². The Morgan fingerprint density at radius 2 is 1.84 bits per heavy atom. The summed E-state index contributed by atoms with van der Waals surface area (Å²) in [6.45, 7) is -0.0581. The van der Waals surface area contributed by atoms with Crippen LogP contribution < -0.4 is 0 Å². The molecule has 0 unspecified atom stereocenters.